The average molecular weight is 539 g/mol. The fraction of sp³-hybridized carbons (Fsp3) is 0.795. The molecule has 226 valence electrons. The van der Waals surface area contributed by atoms with Crippen molar-refractivity contribution in [3.05, 3.63) is 45.1 Å². The standard InChI is InChI=1S/2C13H24.C13H22/c3*1-9(2)12-11(4)10(3)7-8-13(12,5)6/h9,12H,7-8H2,1-6H3;9-10H,7-8H2,1-6H3;7,9H,8H2,1-6H3. The van der Waals surface area contributed by atoms with Gasteiger partial charge in [-0.15, -0.1) is 0 Å². The monoisotopic (exact) mass is 539 g/mol. The lowest BCUT2D eigenvalue weighted by Crippen LogP contribution is -2.32. The van der Waals surface area contributed by atoms with Crippen molar-refractivity contribution < 1.29 is 0 Å². The molecule has 0 bridgehead atoms. The molecule has 39 heavy (non-hydrogen) atoms. The molecule has 0 fully saturated rings. The molecule has 0 aromatic heterocycles. The van der Waals surface area contributed by atoms with Gasteiger partial charge in [0.15, 0.2) is 0 Å². The lowest BCUT2D eigenvalue weighted by atomic mass is 9.63. The fourth-order valence-corrected chi connectivity index (χ4v) is 8.69. The van der Waals surface area contributed by atoms with Crippen molar-refractivity contribution in [2.24, 2.45) is 45.8 Å². The Morgan fingerprint density at radius 2 is 1.21 bits per heavy atom. The van der Waals surface area contributed by atoms with Gasteiger partial charge in [-0.25, -0.2) is 0 Å². The molecular weight excluding hydrogens is 468 g/mol. The molecule has 0 aromatic rings. The van der Waals surface area contributed by atoms with Crippen molar-refractivity contribution in [2.75, 3.05) is 0 Å². The van der Waals surface area contributed by atoms with Gasteiger partial charge in [0.2, 0.25) is 0 Å². The Balaban J connectivity index is 0.000000292. The summed E-state index contributed by atoms with van der Waals surface area (Å²) in [6.45, 7) is 42.2. The predicted molar refractivity (Wildman–Crippen MR) is 179 cm³/mol. The Kier molecular flexibility index (Phi) is 12.7. The molecule has 3 aliphatic carbocycles. The highest BCUT2D eigenvalue weighted by Gasteiger charge is 2.36. The van der Waals surface area contributed by atoms with Gasteiger partial charge in [-0.05, 0) is 118 Å². The molecule has 0 saturated heterocycles. The first-order valence-corrected chi connectivity index (χ1v) is 16.3. The van der Waals surface area contributed by atoms with Crippen LogP contribution >= 0.6 is 0 Å². The van der Waals surface area contributed by atoms with Crippen molar-refractivity contribution in [1.29, 1.82) is 0 Å². The summed E-state index contributed by atoms with van der Waals surface area (Å²) in [5.41, 5.74) is 12.6. The molecule has 0 radical (unpaired) electrons. The van der Waals surface area contributed by atoms with E-state index in [9.17, 15) is 0 Å². The molecule has 0 nitrogen and oxygen atoms in total. The number of hydrogen-bond acceptors (Lipinski definition) is 0. The van der Waals surface area contributed by atoms with Gasteiger partial charge in [0, 0.05) is 0 Å². The van der Waals surface area contributed by atoms with Crippen molar-refractivity contribution in [2.45, 2.75) is 157 Å². The first-order chi connectivity index (χ1) is 17.6. The zero-order valence-corrected chi connectivity index (χ0v) is 30.0. The summed E-state index contributed by atoms with van der Waals surface area (Å²) in [6.07, 6.45) is 8.97. The van der Waals surface area contributed by atoms with Crippen LogP contribution in [0.3, 0.4) is 0 Å². The largest absolute Gasteiger partial charge is 0.0805 e. The molecule has 3 rings (SSSR count). The summed E-state index contributed by atoms with van der Waals surface area (Å²) in [4.78, 5) is 0. The second kappa shape index (κ2) is 13.7. The summed E-state index contributed by atoms with van der Waals surface area (Å²) in [6, 6.07) is 0. The van der Waals surface area contributed by atoms with Gasteiger partial charge in [0.25, 0.3) is 0 Å². The smallest absolute Gasteiger partial charge is 0.0102 e. The zero-order chi connectivity index (χ0) is 30.7. The average Bonchev–Trinajstić information content (AvgIpc) is 2.76. The first-order valence-electron chi connectivity index (χ1n) is 16.3. The highest BCUT2D eigenvalue weighted by Crippen LogP contribution is 2.47. The van der Waals surface area contributed by atoms with E-state index in [4.69, 9.17) is 0 Å². The normalized spacial score (nSPS) is 26.3. The predicted octanol–water partition coefficient (Wildman–Crippen LogP) is 13.2. The lowest BCUT2D eigenvalue weighted by molar-refractivity contribution is 0.162. The van der Waals surface area contributed by atoms with E-state index in [-0.39, 0.29) is 0 Å². The first kappa shape index (κ1) is 36.0. The Morgan fingerprint density at radius 3 is 1.59 bits per heavy atom. The Labute approximate surface area is 247 Å². The van der Waals surface area contributed by atoms with Crippen molar-refractivity contribution in [3.8, 4) is 0 Å². The quantitative estimate of drug-likeness (QED) is 0.313. The summed E-state index contributed by atoms with van der Waals surface area (Å²) in [7, 11) is 0. The number of allylic oxidation sites excluding steroid dienone is 8. The maximum Gasteiger partial charge on any atom is -0.0102 e. The minimum Gasteiger partial charge on any atom is -0.0805 e. The molecule has 2 atom stereocenters. The fourth-order valence-electron chi connectivity index (χ4n) is 8.69. The second-order valence-electron chi connectivity index (χ2n) is 16.4. The molecule has 3 aliphatic rings. The molecule has 0 saturated carbocycles. The van der Waals surface area contributed by atoms with Gasteiger partial charge in [0.05, 0.1) is 0 Å². The van der Waals surface area contributed by atoms with Crippen LogP contribution in [0.5, 0.6) is 0 Å². The minimum atomic E-state index is 0.373. The van der Waals surface area contributed by atoms with Gasteiger partial charge in [-0.3, -0.25) is 0 Å². The third-order valence-corrected chi connectivity index (χ3v) is 10.7. The maximum absolute atomic E-state index is 2.42. The molecular formula is C39H70. The molecule has 2 unspecified atom stereocenters. The minimum absolute atomic E-state index is 0.373. The van der Waals surface area contributed by atoms with E-state index in [1.54, 1.807) is 27.9 Å². The van der Waals surface area contributed by atoms with E-state index in [1.807, 2.05) is 0 Å². The molecule has 0 aliphatic heterocycles. The molecule has 0 amide bonds. The van der Waals surface area contributed by atoms with E-state index >= 15 is 0 Å². The van der Waals surface area contributed by atoms with Gasteiger partial charge >= 0.3 is 0 Å². The van der Waals surface area contributed by atoms with Crippen LogP contribution in [-0.2, 0) is 0 Å². The van der Waals surface area contributed by atoms with Crippen LogP contribution in [0.4, 0.5) is 0 Å². The summed E-state index contributed by atoms with van der Waals surface area (Å²) in [5, 5.41) is 0. The maximum atomic E-state index is 2.42. The highest BCUT2D eigenvalue weighted by atomic mass is 14.4. The Hall–Kier alpha value is -1.04. The van der Waals surface area contributed by atoms with Crippen LogP contribution in [-0.4, -0.2) is 0 Å². The highest BCUT2D eigenvalue weighted by molar-refractivity contribution is 5.40. The SMILES string of the molecule is CC1=C(C(C)C)C(C)(C)CCC1C.CC1=C(C)C(C(C)C)C(C)(C)CC1.CC1=CCC(C)(C)C(C(C)C)=C1C. The third-order valence-electron chi connectivity index (χ3n) is 10.7. The van der Waals surface area contributed by atoms with Crippen LogP contribution in [0.15, 0.2) is 45.1 Å². The molecule has 0 heterocycles. The van der Waals surface area contributed by atoms with E-state index in [0.717, 1.165) is 23.7 Å². The number of hydrogen-bond donors (Lipinski definition) is 0. The van der Waals surface area contributed by atoms with Gasteiger partial charge in [0.1, 0.15) is 0 Å². The summed E-state index contributed by atoms with van der Waals surface area (Å²) >= 11 is 0. The number of rotatable bonds is 3. The van der Waals surface area contributed by atoms with Crippen LogP contribution < -0.4 is 0 Å². The van der Waals surface area contributed by atoms with Crippen LogP contribution in [0.2, 0.25) is 0 Å². The molecule has 0 aromatic carbocycles. The van der Waals surface area contributed by atoms with Crippen LogP contribution in [0.25, 0.3) is 0 Å². The molecule has 0 heteroatoms. The van der Waals surface area contributed by atoms with Gasteiger partial charge in [-0.1, -0.05) is 130 Å². The summed E-state index contributed by atoms with van der Waals surface area (Å²) in [5.74, 6) is 3.79. The molecule has 0 spiro atoms. The van der Waals surface area contributed by atoms with E-state index in [1.165, 1.54) is 43.3 Å². The Morgan fingerprint density at radius 1 is 0.692 bits per heavy atom. The third kappa shape index (κ3) is 8.97. The van der Waals surface area contributed by atoms with Crippen molar-refractivity contribution in [1.82, 2.24) is 0 Å². The second-order valence-corrected chi connectivity index (χ2v) is 16.4. The topological polar surface area (TPSA) is 0 Å². The van der Waals surface area contributed by atoms with E-state index in [2.05, 4.69) is 131 Å². The van der Waals surface area contributed by atoms with Crippen LogP contribution in [0, 0.1) is 45.8 Å². The summed E-state index contributed by atoms with van der Waals surface area (Å²) < 4.78 is 0. The van der Waals surface area contributed by atoms with Crippen molar-refractivity contribution in [3.63, 3.8) is 0 Å². The van der Waals surface area contributed by atoms with E-state index < -0.39 is 0 Å². The van der Waals surface area contributed by atoms with E-state index in [0.29, 0.717) is 22.2 Å². The van der Waals surface area contributed by atoms with Gasteiger partial charge < -0.3 is 0 Å². The Bertz CT molecular complexity index is 946. The van der Waals surface area contributed by atoms with Gasteiger partial charge in [-0.2, -0.15) is 0 Å². The van der Waals surface area contributed by atoms with Crippen LogP contribution in [0.1, 0.15) is 157 Å². The lowest BCUT2D eigenvalue weighted by Gasteiger charge is -2.42. The van der Waals surface area contributed by atoms with Crippen molar-refractivity contribution >= 4 is 0 Å². The zero-order valence-electron chi connectivity index (χ0n) is 30.0. The molecule has 0 N–H and O–H groups in total.